The Hall–Kier alpha value is -0.450. The predicted octanol–water partition coefficient (Wildman–Crippen LogP) is 1.90. The fraction of sp³-hybridized carbons (Fsp3) is 0.929. The zero-order chi connectivity index (χ0) is 13.4. The van der Waals surface area contributed by atoms with Gasteiger partial charge in [0.25, 0.3) is 0 Å². The Morgan fingerprint density at radius 2 is 2.17 bits per heavy atom. The van der Waals surface area contributed by atoms with E-state index in [0.717, 1.165) is 12.8 Å². The Kier molecular flexibility index (Phi) is 3.81. The molecule has 0 bridgehead atoms. The van der Waals surface area contributed by atoms with Crippen molar-refractivity contribution in [2.45, 2.75) is 57.7 Å². The van der Waals surface area contributed by atoms with Crippen LogP contribution in [0.5, 0.6) is 0 Å². The molecule has 0 aliphatic heterocycles. The Bertz CT molecular complexity index is 330. The Balaban J connectivity index is 2.27. The van der Waals surface area contributed by atoms with Gasteiger partial charge in [-0.1, -0.05) is 13.8 Å². The molecule has 4 atom stereocenters. The Labute approximate surface area is 109 Å². The van der Waals surface area contributed by atoms with E-state index in [9.17, 15) is 9.90 Å². The highest BCUT2D eigenvalue weighted by molar-refractivity contribution is 5.80. The third-order valence-corrected chi connectivity index (χ3v) is 5.11. The predicted molar refractivity (Wildman–Crippen MR) is 67.1 cm³/mol. The molecule has 18 heavy (non-hydrogen) atoms. The summed E-state index contributed by atoms with van der Waals surface area (Å²) in [5, 5.41) is 11.0. The van der Waals surface area contributed by atoms with Gasteiger partial charge >= 0.3 is 0 Å². The topological polar surface area (TPSA) is 55.8 Å². The summed E-state index contributed by atoms with van der Waals surface area (Å²) >= 11 is 0. The molecule has 0 amide bonds. The minimum absolute atomic E-state index is 0.0908. The number of carbonyl (C=O) groups is 1. The quantitative estimate of drug-likeness (QED) is 0.784. The maximum Gasteiger partial charge on any atom is 0.146 e. The van der Waals surface area contributed by atoms with Crippen LogP contribution in [0.2, 0.25) is 0 Å². The molecule has 4 nitrogen and oxygen atoms in total. The Morgan fingerprint density at radius 1 is 1.44 bits per heavy atom. The first-order valence-electron chi connectivity index (χ1n) is 6.78. The second kappa shape index (κ2) is 4.91. The number of methoxy groups -OCH3 is 1. The number of ketones is 1. The van der Waals surface area contributed by atoms with Crippen LogP contribution in [-0.2, 0) is 14.3 Å². The lowest BCUT2D eigenvalue weighted by Gasteiger charge is -2.44. The summed E-state index contributed by atoms with van der Waals surface area (Å²) in [6.45, 7) is 4.27. The largest absolute Gasteiger partial charge is 0.389 e. The van der Waals surface area contributed by atoms with Crippen molar-refractivity contribution in [2.24, 2.45) is 11.3 Å². The van der Waals surface area contributed by atoms with Gasteiger partial charge in [0, 0.05) is 25.4 Å². The van der Waals surface area contributed by atoms with Gasteiger partial charge in [-0.25, -0.2) is 0 Å². The first-order valence-corrected chi connectivity index (χ1v) is 6.78. The molecular weight excluding hydrogens is 232 g/mol. The molecule has 0 aromatic rings. The molecule has 2 aliphatic carbocycles. The lowest BCUT2D eigenvalue weighted by atomic mass is 9.67. The van der Waals surface area contributed by atoms with Crippen molar-refractivity contribution in [1.29, 1.82) is 0 Å². The van der Waals surface area contributed by atoms with Crippen molar-refractivity contribution in [3.05, 3.63) is 0 Å². The van der Waals surface area contributed by atoms with Gasteiger partial charge in [0.2, 0.25) is 0 Å². The third-order valence-electron chi connectivity index (χ3n) is 5.11. The number of rotatable bonds is 3. The van der Waals surface area contributed by atoms with Crippen LogP contribution in [0.25, 0.3) is 0 Å². The third kappa shape index (κ3) is 2.00. The number of hydrogen-bond acceptors (Lipinski definition) is 4. The maximum atomic E-state index is 11.9. The molecule has 2 aliphatic rings. The fourth-order valence-corrected chi connectivity index (χ4v) is 3.84. The normalized spacial score (nSPS) is 44.8. The Morgan fingerprint density at radius 3 is 2.83 bits per heavy atom. The van der Waals surface area contributed by atoms with Crippen LogP contribution in [0.3, 0.4) is 0 Å². The van der Waals surface area contributed by atoms with Crippen molar-refractivity contribution < 1.29 is 19.4 Å². The van der Waals surface area contributed by atoms with E-state index in [4.69, 9.17) is 9.47 Å². The van der Waals surface area contributed by atoms with Crippen LogP contribution in [0.4, 0.5) is 0 Å². The summed E-state index contributed by atoms with van der Waals surface area (Å²) in [6.07, 6.45) is 3.20. The van der Waals surface area contributed by atoms with E-state index in [1.807, 2.05) is 6.92 Å². The molecule has 0 spiro atoms. The van der Waals surface area contributed by atoms with Crippen molar-refractivity contribution >= 4 is 5.78 Å². The molecular formula is C14H24O4. The number of Topliss-reactive ketones (excluding diaryl/α,β-unsaturated/α-hetero) is 1. The first kappa shape index (κ1) is 14.0. The molecule has 1 N–H and O–H groups in total. The summed E-state index contributed by atoms with van der Waals surface area (Å²) in [5.41, 5.74) is -1.25. The average molecular weight is 256 g/mol. The lowest BCUT2D eigenvalue weighted by molar-refractivity contribution is -0.165. The molecule has 2 rings (SSSR count). The monoisotopic (exact) mass is 256 g/mol. The molecule has 2 fully saturated rings. The number of ether oxygens (including phenoxy) is 2. The minimum Gasteiger partial charge on any atom is -0.389 e. The SMILES string of the molecule is COCO[C@@H]1CC[C@]2(O)[C@@H](C)CCC(=O)C[C@]12C. The number of hydrogen-bond donors (Lipinski definition) is 1. The van der Waals surface area contributed by atoms with Gasteiger partial charge in [-0.3, -0.25) is 4.79 Å². The standard InChI is InChI=1S/C14H24O4/c1-10-4-5-11(15)8-13(2)12(18-9-17-3)6-7-14(10,13)16/h10,12,16H,4-9H2,1-3H3/t10-,12+,13+,14-/m0/s1. The highest BCUT2D eigenvalue weighted by atomic mass is 16.7. The number of fused-ring (bicyclic) bond motifs is 1. The highest BCUT2D eigenvalue weighted by Gasteiger charge is 2.61. The molecule has 0 unspecified atom stereocenters. The highest BCUT2D eigenvalue weighted by Crippen LogP contribution is 2.56. The summed E-state index contributed by atoms with van der Waals surface area (Å²) in [4.78, 5) is 11.9. The molecule has 2 saturated carbocycles. The van der Waals surface area contributed by atoms with E-state index in [1.54, 1.807) is 7.11 Å². The van der Waals surface area contributed by atoms with Gasteiger partial charge in [-0.05, 0) is 25.2 Å². The molecule has 0 aromatic heterocycles. The van der Waals surface area contributed by atoms with Gasteiger partial charge in [-0.2, -0.15) is 0 Å². The zero-order valence-corrected chi connectivity index (χ0v) is 11.6. The summed E-state index contributed by atoms with van der Waals surface area (Å²) in [5.74, 6) is 0.387. The zero-order valence-electron chi connectivity index (χ0n) is 11.6. The van der Waals surface area contributed by atoms with Gasteiger partial charge in [0.15, 0.2) is 0 Å². The number of aliphatic hydroxyl groups is 1. The molecule has 4 heteroatoms. The smallest absolute Gasteiger partial charge is 0.146 e. The molecule has 0 saturated heterocycles. The number of carbonyl (C=O) groups excluding carboxylic acids is 1. The lowest BCUT2D eigenvalue weighted by Crippen LogP contribution is -2.51. The molecule has 0 radical (unpaired) electrons. The van der Waals surface area contributed by atoms with Crippen molar-refractivity contribution in [3.8, 4) is 0 Å². The molecule has 0 aromatic carbocycles. The first-order chi connectivity index (χ1) is 8.44. The van der Waals surface area contributed by atoms with Crippen molar-refractivity contribution in [1.82, 2.24) is 0 Å². The van der Waals surface area contributed by atoms with Gasteiger partial charge in [0.05, 0.1) is 11.7 Å². The van der Waals surface area contributed by atoms with E-state index >= 15 is 0 Å². The van der Waals surface area contributed by atoms with Gasteiger partial charge in [0.1, 0.15) is 12.6 Å². The summed E-state index contributed by atoms with van der Waals surface area (Å²) in [6, 6.07) is 0. The van der Waals surface area contributed by atoms with Crippen LogP contribution < -0.4 is 0 Å². The molecule has 0 heterocycles. The van der Waals surface area contributed by atoms with E-state index in [2.05, 4.69) is 6.92 Å². The van der Waals surface area contributed by atoms with E-state index in [1.165, 1.54) is 0 Å². The van der Waals surface area contributed by atoms with E-state index in [-0.39, 0.29) is 24.6 Å². The van der Waals surface area contributed by atoms with E-state index < -0.39 is 11.0 Å². The van der Waals surface area contributed by atoms with Crippen LogP contribution in [0, 0.1) is 11.3 Å². The fourth-order valence-electron chi connectivity index (χ4n) is 3.84. The molecule has 104 valence electrons. The van der Waals surface area contributed by atoms with Crippen LogP contribution in [0.1, 0.15) is 46.0 Å². The van der Waals surface area contributed by atoms with Crippen molar-refractivity contribution in [3.63, 3.8) is 0 Å². The average Bonchev–Trinajstić information content (AvgIpc) is 2.53. The second-order valence-corrected chi connectivity index (χ2v) is 6.10. The van der Waals surface area contributed by atoms with E-state index in [0.29, 0.717) is 19.3 Å². The van der Waals surface area contributed by atoms with Crippen LogP contribution in [0.15, 0.2) is 0 Å². The summed E-state index contributed by atoms with van der Waals surface area (Å²) in [7, 11) is 1.59. The van der Waals surface area contributed by atoms with Gasteiger partial charge in [-0.15, -0.1) is 0 Å². The van der Waals surface area contributed by atoms with Crippen LogP contribution >= 0.6 is 0 Å². The van der Waals surface area contributed by atoms with Crippen LogP contribution in [-0.4, -0.2) is 36.5 Å². The maximum absolute atomic E-state index is 11.9. The minimum atomic E-state index is -0.780. The summed E-state index contributed by atoms with van der Waals surface area (Å²) < 4.78 is 10.7. The van der Waals surface area contributed by atoms with Gasteiger partial charge < -0.3 is 14.6 Å². The second-order valence-electron chi connectivity index (χ2n) is 6.10. The van der Waals surface area contributed by atoms with Crippen molar-refractivity contribution in [2.75, 3.05) is 13.9 Å².